The number of amides is 2. The highest BCUT2D eigenvalue weighted by molar-refractivity contribution is 6.05. The normalized spacial score (nSPS) is 11.2. The van der Waals surface area contributed by atoms with Gasteiger partial charge in [0.05, 0.1) is 5.69 Å². The van der Waals surface area contributed by atoms with E-state index in [-0.39, 0.29) is 11.3 Å². The summed E-state index contributed by atoms with van der Waals surface area (Å²) in [5.41, 5.74) is 0.750. The third-order valence-electron chi connectivity index (χ3n) is 3.47. The van der Waals surface area contributed by atoms with Crippen molar-refractivity contribution in [3.05, 3.63) is 65.7 Å². The van der Waals surface area contributed by atoms with E-state index < -0.39 is 30.1 Å². The Balaban J connectivity index is 2.14. The first kappa shape index (κ1) is 17.9. The maximum atomic E-state index is 12.4. The molecule has 0 fully saturated rings. The van der Waals surface area contributed by atoms with E-state index in [2.05, 4.69) is 10.6 Å². The zero-order valence-electron chi connectivity index (χ0n) is 13.1. The van der Waals surface area contributed by atoms with Crippen LogP contribution in [0.5, 0.6) is 0 Å². The zero-order chi connectivity index (χ0) is 18.2. The summed E-state index contributed by atoms with van der Waals surface area (Å²) in [6.45, 7) is 0. The third-order valence-corrected chi connectivity index (χ3v) is 3.47. The van der Waals surface area contributed by atoms with Gasteiger partial charge in [0, 0.05) is 17.5 Å². The van der Waals surface area contributed by atoms with E-state index in [1.54, 1.807) is 42.5 Å². The standard InChI is InChI=1S/C18H16N2O5/c21-11-19-14-9-5-4-8-13(14)16(22)10-15(18(24)25)20-17(23)12-6-2-1-3-7-12/h1-9,11,15H,10H2,(H,19,21)(H,20,23)(H,24,25). The molecule has 0 saturated heterocycles. The lowest BCUT2D eigenvalue weighted by molar-refractivity contribution is -0.139. The van der Waals surface area contributed by atoms with Crippen LogP contribution in [0.3, 0.4) is 0 Å². The van der Waals surface area contributed by atoms with Gasteiger partial charge < -0.3 is 15.7 Å². The summed E-state index contributed by atoms with van der Waals surface area (Å²) in [6, 6.07) is 13.0. The zero-order valence-corrected chi connectivity index (χ0v) is 13.1. The van der Waals surface area contributed by atoms with Gasteiger partial charge in [0.2, 0.25) is 6.41 Å². The maximum Gasteiger partial charge on any atom is 0.326 e. The minimum atomic E-state index is -1.38. The summed E-state index contributed by atoms with van der Waals surface area (Å²) in [4.78, 5) is 46.5. The van der Waals surface area contributed by atoms with E-state index >= 15 is 0 Å². The van der Waals surface area contributed by atoms with Crippen molar-refractivity contribution in [3.8, 4) is 0 Å². The van der Waals surface area contributed by atoms with Crippen molar-refractivity contribution in [2.75, 3.05) is 5.32 Å². The predicted molar refractivity (Wildman–Crippen MR) is 90.4 cm³/mol. The molecule has 0 radical (unpaired) electrons. The van der Waals surface area contributed by atoms with Crippen molar-refractivity contribution in [1.82, 2.24) is 5.32 Å². The van der Waals surface area contributed by atoms with Crippen LogP contribution in [0, 0.1) is 0 Å². The summed E-state index contributed by atoms with van der Waals surface area (Å²) in [5, 5.41) is 14.0. The Kier molecular flexibility index (Phi) is 6.00. The second kappa shape index (κ2) is 8.39. The first-order valence-corrected chi connectivity index (χ1v) is 7.44. The molecule has 0 bridgehead atoms. The van der Waals surface area contributed by atoms with Gasteiger partial charge in [0.15, 0.2) is 5.78 Å². The molecule has 2 aromatic rings. The molecule has 7 heteroatoms. The van der Waals surface area contributed by atoms with Crippen LogP contribution in [0.2, 0.25) is 0 Å². The number of carboxylic acid groups (broad SMARTS) is 1. The number of para-hydroxylation sites is 1. The number of ketones is 1. The van der Waals surface area contributed by atoms with Crippen LogP contribution in [0.1, 0.15) is 27.1 Å². The molecule has 0 heterocycles. The van der Waals surface area contributed by atoms with Crippen molar-refractivity contribution in [2.24, 2.45) is 0 Å². The van der Waals surface area contributed by atoms with Crippen molar-refractivity contribution in [1.29, 1.82) is 0 Å². The quantitative estimate of drug-likeness (QED) is 0.500. The molecule has 1 atom stereocenters. The van der Waals surface area contributed by atoms with E-state index in [9.17, 15) is 24.3 Å². The lowest BCUT2D eigenvalue weighted by Crippen LogP contribution is -2.42. The Bertz CT molecular complexity index is 789. The summed E-state index contributed by atoms with van der Waals surface area (Å²) >= 11 is 0. The van der Waals surface area contributed by atoms with Crippen LogP contribution in [-0.4, -0.2) is 35.2 Å². The van der Waals surface area contributed by atoms with Crippen LogP contribution in [0.25, 0.3) is 0 Å². The average molecular weight is 340 g/mol. The van der Waals surface area contributed by atoms with E-state index in [4.69, 9.17) is 0 Å². The number of hydrogen-bond acceptors (Lipinski definition) is 4. The van der Waals surface area contributed by atoms with Crippen molar-refractivity contribution in [2.45, 2.75) is 12.5 Å². The smallest absolute Gasteiger partial charge is 0.326 e. The number of anilines is 1. The fraction of sp³-hybridized carbons (Fsp3) is 0.111. The number of carbonyl (C=O) groups is 4. The Morgan fingerprint density at radius 1 is 1.00 bits per heavy atom. The second-order valence-electron chi connectivity index (χ2n) is 5.17. The van der Waals surface area contributed by atoms with Crippen LogP contribution in [-0.2, 0) is 9.59 Å². The third kappa shape index (κ3) is 4.74. The van der Waals surface area contributed by atoms with Gasteiger partial charge in [-0.2, -0.15) is 0 Å². The summed E-state index contributed by atoms with van der Waals surface area (Å²) in [5.74, 6) is -2.41. The van der Waals surface area contributed by atoms with Crippen LogP contribution >= 0.6 is 0 Å². The van der Waals surface area contributed by atoms with Gasteiger partial charge >= 0.3 is 5.97 Å². The number of Topliss-reactive ketones (excluding diaryl/α,β-unsaturated/α-hetero) is 1. The minimum absolute atomic E-state index is 0.176. The summed E-state index contributed by atoms with van der Waals surface area (Å²) in [7, 11) is 0. The number of aliphatic carboxylic acids is 1. The first-order chi connectivity index (χ1) is 12.0. The molecule has 0 saturated carbocycles. The molecule has 25 heavy (non-hydrogen) atoms. The number of carboxylic acids is 1. The molecule has 2 amide bonds. The Morgan fingerprint density at radius 3 is 2.28 bits per heavy atom. The van der Waals surface area contributed by atoms with Gasteiger partial charge in [-0.25, -0.2) is 4.79 Å². The Labute approximate surface area is 143 Å². The van der Waals surface area contributed by atoms with Crippen molar-refractivity contribution >= 4 is 29.8 Å². The van der Waals surface area contributed by atoms with E-state index in [1.807, 2.05) is 0 Å². The Hall–Kier alpha value is -3.48. The summed E-state index contributed by atoms with van der Waals surface area (Å²) < 4.78 is 0. The van der Waals surface area contributed by atoms with E-state index in [1.165, 1.54) is 12.1 Å². The molecule has 0 spiro atoms. The molecule has 128 valence electrons. The molecule has 0 aliphatic carbocycles. The lowest BCUT2D eigenvalue weighted by atomic mass is 10.0. The SMILES string of the molecule is O=CNc1ccccc1C(=O)CC(NC(=O)c1ccccc1)C(=O)O. The van der Waals surface area contributed by atoms with E-state index in [0.29, 0.717) is 12.0 Å². The van der Waals surface area contributed by atoms with Crippen molar-refractivity contribution in [3.63, 3.8) is 0 Å². The average Bonchev–Trinajstić information content (AvgIpc) is 2.62. The number of benzene rings is 2. The van der Waals surface area contributed by atoms with Crippen LogP contribution in [0.4, 0.5) is 5.69 Å². The lowest BCUT2D eigenvalue weighted by Gasteiger charge is -2.15. The fourth-order valence-electron chi connectivity index (χ4n) is 2.24. The van der Waals surface area contributed by atoms with Gasteiger partial charge in [0.1, 0.15) is 6.04 Å². The highest BCUT2D eigenvalue weighted by Crippen LogP contribution is 2.17. The van der Waals surface area contributed by atoms with Gasteiger partial charge in [-0.05, 0) is 24.3 Å². The number of nitrogens with one attached hydrogen (secondary N) is 2. The molecular formula is C18H16N2O5. The molecule has 1 unspecified atom stereocenters. The molecule has 0 aromatic heterocycles. The highest BCUT2D eigenvalue weighted by atomic mass is 16.4. The number of hydrogen-bond donors (Lipinski definition) is 3. The fourth-order valence-corrected chi connectivity index (χ4v) is 2.24. The second-order valence-corrected chi connectivity index (χ2v) is 5.17. The van der Waals surface area contributed by atoms with E-state index in [0.717, 1.165) is 0 Å². The molecular weight excluding hydrogens is 324 g/mol. The predicted octanol–water partition coefficient (Wildman–Crippen LogP) is 1.71. The Morgan fingerprint density at radius 2 is 1.64 bits per heavy atom. The van der Waals surface area contributed by atoms with Gasteiger partial charge in [-0.15, -0.1) is 0 Å². The highest BCUT2D eigenvalue weighted by Gasteiger charge is 2.25. The van der Waals surface area contributed by atoms with Gasteiger partial charge in [-0.3, -0.25) is 14.4 Å². The van der Waals surface area contributed by atoms with Crippen molar-refractivity contribution < 1.29 is 24.3 Å². The number of carbonyl (C=O) groups excluding carboxylic acids is 3. The van der Waals surface area contributed by atoms with Gasteiger partial charge in [-0.1, -0.05) is 30.3 Å². The minimum Gasteiger partial charge on any atom is -0.480 e. The summed E-state index contributed by atoms with van der Waals surface area (Å²) in [6.07, 6.45) is -0.0105. The van der Waals surface area contributed by atoms with Gasteiger partial charge in [0.25, 0.3) is 5.91 Å². The monoisotopic (exact) mass is 340 g/mol. The van der Waals surface area contributed by atoms with Crippen LogP contribution in [0.15, 0.2) is 54.6 Å². The molecule has 2 aromatic carbocycles. The first-order valence-electron chi connectivity index (χ1n) is 7.44. The largest absolute Gasteiger partial charge is 0.480 e. The molecule has 0 aliphatic heterocycles. The number of rotatable bonds is 8. The molecule has 3 N–H and O–H groups in total. The topological polar surface area (TPSA) is 113 Å². The molecule has 0 aliphatic rings. The molecule has 2 rings (SSSR count). The molecule has 7 nitrogen and oxygen atoms in total. The maximum absolute atomic E-state index is 12.4. The van der Waals surface area contributed by atoms with Crippen LogP contribution < -0.4 is 10.6 Å².